The molecule has 1 aromatic rings. The fourth-order valence-electron chi connectivity index (χ4n) is 1.84. The molecular weight excluding hydrogens is 266 g/mol. The third-order valence-electron chi connectivity index (χ3n) is 2.89. The number of carbonyl (C=O) groups is 1. The molecule has 2 heterocycles. The molecule has 1 aliphatic rings. The Labute approximate surface area is 116 Å². The molecule has 0 radical (unpaired) electrons. The van der Waals surface area contributed by atoms with Crippen molar-refractivity contribution in [1.82, 2.24) is 15.2 Å². The lowest BCUT2D eigenvalue weighted by Crippen LogP contribution is -2.48. The summed E-state index contributed by atoms with van der Waals surface area (Å²) in [4.78, 5) is 17.7. The third-order valence-corrected chi connectivity index (χ3v) is 3.27. The number of amides is 1. The quantitative estimate of drug-likeness (QED) is 0.840. The van der Waals surface area contributed by atoms with Crippen LogP contribution in [-0.2, 0) is 4.79 Å². The summed E-state index contributed by atoms with van der Waals surface area (Å²) in [6.45, 7) is 3.17. The minimum Gasteiger partial charge on any atom is -0.360 e. The highest BCUT2D eigenvalue weighted by Gasteiger charge is 2.16. The molecule has 0 aliphatic carbocycles. The first-order valence-electron chi connectivity index (χ1n) is 5.99. The van der Waals surface area contributed by atoms with Crippen molar-refractivity contribution in [3.63, 3.8) is 0 Å². The molecule has 1 amide bonds. The van der Waals surface area contributed by atoms with E-state index >= 15 is 0 Å². The molecule has 0 aromatic carbocycles. The Morgan fingerprint density at radius 1 is 1.58 bits per heavy atom. The van der Waals surface area contributed by atoms with E-state index in [9.17, 15) is 4.79 Å². The second-order valence-corrected chi connectivity index (χ2v) is 4.50. The van der Waals surface area contributed by atoms with E-state index in [4.69, 9.17) is 16.9 Å². The normalized spacial score (nSPS) is 14.8. The van der Waals surface area contributed by atoms with Crippen LogP contribution in [0.5, 0.6) is 0 Å². The van der Waals surface area contributed by atoms with Crippen molar-refractivity contribution < 1.29 is 4.79 Å². The molecule has 19 heavy (non-hydrogen) atoms. The number of halogens is 1. The molecule has 0 saturated carbocycles. The number of anilines is 1. The van der Waals surface area contributed by atoms with Crippen molar-refractivity contribution in [3.05, 3.63) is 22.8 Å². The second-order valence-electron chi connectivity index (χ2n) is 4.12. The SMILES string of the molecule is N#Cc1ccnc(NCC(=O)N2CCNCC2)c1Cl. The lowest BCUT2D eigenvalue weighted by atomic mass is 10.3. The number of aromatic nitrogens is 1. The van der Waals surface area contributed by atoms with Gasteiger partial charge in [-0.15, -0.1) is 0 Å². The van der Waals surface area contributed by atoms with Gasteiger partial charge in [-0.1, -0.05) is 11.6 Å². The van der Waals surface area contributed by atoms with Crippen molar-refractivity contribution >= 4 is 23.3 Å². The van der Waals surface area contributed by atoms with Crippen LogP contribution in [-0.4, -0.2) is 48.5 Å². The summed E-state index contributed by atoms with van der Waals surface area (Å²) in [7, 11) is 0. The number of nitrogens with zero attached hydrogens (tertiary/aromatic N) is 3. The van der Waals surface area contributed by atoms with Gasteiger partial charge in [0.1, 0.15) is 16.9 Å². The van der Waals surface area contributed by atoms with Crippen molar-refractivity contribution in [2.24, 2.45) is 0 Å². The highest BCUT2D eigenvalue weighted by atomic mass is 35.5. The topological polar surface area (TPSA) is 81.0 Å². The van der Waals surface area contributed by atoms with E-state index in [1.165, 1.54) is 12.3 Å². The number of carbonyl (C=O) groups excluding carboxylic acids is 1. The zero-order chi connectivity index (χ0) is 13.7. The van der Waals surface area contributed by atoms with Crippen LogP contribution in [0.2, 0.25) is 5.02 Å². The summed E-state index contributed by atoms with van der Waals surface area (Å²) >= 11 is 6.00. The van der Waals surface area contributed by atoms with Crippen LogP contribution in [0, 0.1) is 11.3 Å². The lowest BCUT2D eigenvalue weighted by Gasteiger charge is -2.27. The minimum absolute atomic E-state index is 0.00160. The van der Waals surface area contributed by atoms with Crippen LogP contribution in [0.1, 0.15) is 5.56 Å². The second kappa shape index (κ2) is 6.36. The Hall–Kier alpha value is -1.84. The number of nitriles is 1. The molecule has 0 spiro atoms. The molecule has 0 unspecified atom stereocenters. The van der Waals surface area contributed by atoms with Crippen LogP contribution in [0.3, 0.4) is 0 Å². The zero-order valence-corrected chi connectivity index (χ0v) is 11.1. The Kier molecular flexibility index (Phi) is 4.55. The van der Waals surface area contributed by atoms with Gasteiger partial charge < -0.3 is 15.5 Å². The first-order valence-corrected chi connectivity index (χ1v) is 6.37. The van der Waals surface area contributed by atoms with Gasteiger partial charge >= 0.3 is 0 Å². The maximum Gasteiger partial charge on any atom is 0.242 e. The van der Waals surface area contributed by atoms with Crippen molar-refractivity contribution in [3.8, 4) is 6.07 Å². The summed E-state index contributed by atoms with van der Waals surface area (Å²) in [5, 5.41) is 15.2. The largest absolute Gasteiger partial charge is 0.360 e. The van der Waals surface area contributed by atoms with Crippen LogP contribution >= 0.6 is 11.6 Å². The van der Waals surface area contributed by atoms with Crippen molar-refractivity contribution in [2.75, 3.05) is 38.0 Å². The zero-order valence-electron chi connectivity index (χ0n) is 10.3. The van der Waals surface area contributed by atoms with E-state index in [-0.39, 0.29) is 17.5 Å². The highest BCUT2D eigenvalue weighted by molar-refractivity contribution is 6.34. The maximum absolute atomic E-state index is 11.9. The molecule has 100 valence electrons. The van der Waals surface area contributed by atoms with E-state index in [1.54, 1.807) is 4.90 Å². The molecule has 7 heteroatoms. The monoisotopic (exact) mass is 279 g/mol. The van der Waals surface area contributed by atoms with Gasteiger partial charge in [0.15, 0.2) is 0 Å². The van der Waals surface area contributed by atoms with E-state index in [2.05, 4.69) is 15.6 Å². The molecule has 1 saturated heterocycles. The fraction of sp³-hybridized carbons (Fsp3) is 0.417. The maximum atomic E-state index is 11.9. The van der Waals surface area contributed by atoms with Gasteiger partial charge in [-0.25, -0.2) is 4.98 Å². The summed E-state index contributed by atoms with van der Waals surface area (Å²) in [5.74, 6) is 0.367. The van der Waals surface area contributed by atoms with Crippen LogP contribution in [0.15, 0.2) is 12.3 Å². The molecule has 1 fully saturated rings. The van der Waals surface area contributed by atoms with Gasteiger partial charge in [0.05, 0.1) is 12.1 Å². The average Bonchev–Trinajstić information content (AvgIpc) is 2.47. The number of rotatable bonds is 3. The lowest BCUT2D eigenvalue weighted by molar-refractivity contribution is -0.129. The summed E-state index contributed by atoms with van der Waals surface area (Å²) in [6, 6.07) is 3.50. The summed E-state index contributed by atoms with van der Waals surface area (Å²) < 4.78 is 0. The first kappa shape index (κ1) is 13.6. The minimum atomic E-state index is 0.00160. The van der Waals surface area contributed by atoms with Gasteiger partial charge in [0.25, 0.3) is 0 Å². The van der Waals surface area contributed by atoms with Crippen LogP contribution in [0.25, 0.3) is 0 Å². The molecule has 0 atom stereocenters. The van der Waals surface area contributed by atoms with Crippen molar-refractivity contribution in [2.45, 2.75) is 0 Å². The molecule has 1 aliphatic heterocycles. The number of piperazine rings is 1. The smallest absolute Gasteiger partial charge is 0.242 e. The third kappa shape index (κ3) is 3.34. The van der Waals surface area contributed by atoms with E-state index in [1.807, 2.05) is 6.07 Å². The van der Waals surface area contributed by atoms with Gasteiger partial charge in [-0.3, -0.25) is 4.79 Å². The number of hydrogen-bond donors (Lipinski definition) is 2. The summed E-state index contributed by atoms with van der Waals surface area (Å²) in [6.07, 6.45) is 1.49. The molecule has 2 N–H and O–H groups in total. The molecule has 0 bridgehead atoms. The number of pyridine rings is 1. The number of hydrogen-bond acceptors (Lipinski definition) is 5. The molecular formula is C12H14ClN5O. The standard InChI is InChI=1S/C12H14ClN5O/c13-11-9(7-14)1-2-16-12(11)17-8-10(19)18-5-3-15-4-6-18/h1-2,15H,3-6,8H2,(H,16,17). The van der Waals surface area contributed by atoms with E-state index < -0.39 is 0 Å². The van der Waals surface area contributed by atoms with E-state index in [0.29, 0.717) is 24.5 Å². The van der Waals surface area contributed by atoms with Crippen LogP contribution < -0.4 is 10.6 Å². The molecule has 2 rings (SSSR count). The number of nitrogens with one attached hydrogen (secondary N) is 2. The molecule has 1 aromatic heterocycles. The van der Waals surface area contributed by atoms with Crippen molar-refractivity contribution in [1.29, 1.82) is 5.26 Å². The van der Waals surface area contributed by atoms with Crippen LogP contribution in [0.4, 0.5) is 5.82 Å². The highest BCUT2D eigenvalue weighted by Crippen LogP contribution is 2.22. The predicted octanol–water partition coefficient (Wildman–Crippen LogP) is 0.450. The molecule has 6 nitrogen and oxygen atoms in total. The van der Waals surface area contributed by atoms with Gasteiger partial charge in [0, 0.05) is 32.4 Å². The van der Waals surface area contributed by atoms with E-state index in [0.717, 1.165) is 13.1 Å². The summed E-state index contributed by atoms with van der Waals surface area (Å²) in [5.41, 5.74) is 0.341. The Balaban J connectivity index is 1.95. The first-order chi connectivity index (χ1) is 9.22. The van der Waals surface area contributed by atoms with Gasteiger partial charge in [0.2, 0.25) is 5.91 Å². The van der Waals surface area contributed by atoms with Gasteiger partial charge in [-0.05, 0) is 6.07 Å². The predicted molar refractivity (Wildman–Crippen MR) is 71.9 cm³/mol. The Morgan fingerprint density at radius 3 is 3.00 bits per heavy atom. The Morgan fingerprint density at radius 2 is 2.32 bits per heavy atom. The fourth-order valence-corrected chi connectivity index (χ4v) is 2.06. The average molecular weight is 280 g/mol. The van der Waals surface area contributed by atoms with Gasteiger partial charge in [-0.2, -0.15) is 5.26 Å². The Bertz CT molecular complexity index is 507.